The molecule has 0 aliphatic rings. The summed E-state index contributed by atoms with van der Waals surface area (Å²) >= 11 is 1.84. The highest BCUT2D eigenvalue weighted by atomic mass is 32.1. The first-order chi connectivity index (χ1) is 9.15. The van der Waals surface area contributed by atoms with Gasteiger partial charge in [0.05, 0.1) is 13.2 Å². The molecule has 1 aromatic heterocycles. The van der Waals surface area contributed by atoms with E-state index in [9.17, 15) is 0 Å². The van der Waals surface area contributed by atoms with Gasteiger partial charge in [0, 0.05) is 28.9 Å². The van der Waals surface area contributed by atoms with Crippen LogP contribution >= 0.6 is 11.3 Å². The standard InChI is InChI=1S/C15H28N2OS/c1-5-17(6-2)9-10-18-12-15-8-7-14(19-15)11-16-13(3)4/h7-8,13,16H,5-6,9-12H2,1-4H3. The second-order valence-electron chi connectivity index (χ2n) is 4.98. The Labute approximate surface area is 122 Å². The molecule has 0 aromatic carbocycles. The van der Waals surface area contributed by atoms with Gasteiger partial charge in [0.15, 0.2) is 0 Å². The van der Waals surface area contributed by atoms with E-state index in [2.05, 4.69) is 50.0 Å². The van der Waals surface area contributed by atoms with Crippen LogP contribution in [-0.4, -0.2) is 37.2 Å². The topological polar surface area (TPSA) is 24.5 Å². The van der Waals surface area contributed by atoms with E-state index in [0.29, 0.717) is 6.04 Å². The summed E-state index contributed by atoms with van der Waals surface area (Å²) in [5, 5.41) is 3.44. The summed E-state index contributed by atoms with van der Waals surface area (Å²) in [5.74, 6) is 0. The van der Waals surface area contributed by atoms with Gasteiger partial charge < -0.3 is 15.0 Å². The Hall–Kier alpha value is -0.420. The van der Waals surface area contributed by atoms with E-state index < -0.39 is 0 Å². The van der Waals surface area contributed by atoms with Crippen LogP contribution in [0.25, 0.3) is 0 Å². The molecule has 0 saturated heterocycles. The molecule has 4 heteroatoms. The molecular weight excluding hydrogens is 256 g/mol. The lowest BCUT2D eigenvalue weighted by molar-refractivity contribution is 0.0973. The largest absolute Gasteiger partial charge is 0.375 e. The molecular formula is C15H28N2OS. The predicted octanol–water partition coefficient (Wildman–Crippen LogP) is 3.10. The van der Waals surface area contributed by atoms with Crippen LogP contribution in [0.5, 0.6) is 0 Å². The number of nitrogens with one attached hydrogen (secondary N) is 1. The van der Waals surface area contributed by atoms with E-state index in [4.69, 9.17) is 4.74 Å². The van der Waals surface area contributed by atoms with E-state index in [1.807, 2.05) is 11.3 Å². The van der Waals surface area contributed by atoms with Crippen LogP contribution in [-0.2, 0) is 17.9 Å². The summed E-state index contributed by atoms with van der Waals surface area (Å²) in [6.07, 6.45) is 0. The first-order valence-corrected chi connectivity index (χ1v) is 8.08. The Morgan fingerprint density at radius 3 is 2.53 bits per heavy atom. The molecule has 1 heterocycles. The highest BCUT2D eigenvalue weighted by Crippen LogP contribution is 2.17. The van der Waals surface area contributed by atoms with Crippen molar-refractivity contribution in [3.05, 3.63) is 21.9 Å². The SMILES string of the molecule is CCN(CC)CCOCc1ccc(CNC(C)C)s1. The maximum atomic E-state index is 5.74. The zero-order valence-electron chi connectivity index (χ0n) is 12.7. The second-order valence-corrected chi connectivity index (χ2v) is 6.24. The van der Waals surface area contributed by atoms with Crippen LogP contribution in [0.2, 0.25) is 0 Å². The minimum atomic E-state index is 0.538. The molecule has 0 atom stereocenters. The fourth-order valence-corrected chi connectivity index (χ4v) is 2.71. The van der Waals surface area contributed by atoms with Gasteiger partial charge in [-0.15, -0.1) is 11.3 Å². The molecule has 0 amide bonds. The third-order valence-electron chi connectivity index (χ3n) is 3.09. The minimum absolute atomic E-state index is 0.538. The number of hydrogen-bond acceptors (Lipinski definition) is 4. The number of rotatable bonds is 10. The molecule has 3 nitrogen and oxygen atoms in total. The van der Waals surface area contributed by atoms with Crippen molar-refractivity contribution in [2.24, 2.45) is 0 Å². The second kappa shape index (κ2) is 9.48. The molecule has 0 aliphatic carbocycles. The van der Waals surface area contributed by atoms with Crippen LogP contribution in [0, 0.1) is 0 Å². The maximum Gasteiger partial charge on any atom is 0.0810 e. The van der Waals surface area contributed by atoms with Gasteiger partial charge in [0.25, 0.3) is 0 Å². The number of hydrogen-bond donors (Lipinski definition) is 1. The van der Waals surface area contributed by atoms with Crippen molar-refractivity contribution in [1.29, 1.82) is 0 Å². The Kier molecular flexibility index (Phi) is 8.30. The lowest BCUT2D eigenvalue weighted by Gasteiger charge is -2.17. The third kappa shape index (κ3) is 7.06. The zero-order chi connectivity index (χ0) is 14.1. The molecule has 1 aromatic rings. The Bertz CT molecular complexity index is 335. The van der Waals surface area contributed by atoms with Gasteiger partial charge in [-0.3, -0.25) is 0 Å². The molecule has 0 fully saturated rings. The van der Waals surface area contributed by atoms with E-state index >= 15 is 0 Å². The fourth-order valence-electron chi connectivity index (χ4n) is 1.81. The zero-order valence-corrected chi connectivity index (χ0v) is 13.6. The van der Waals surface area contributed by atoms with E-state index in [0.717, 1.165) is 39.4 Å². The molecule has 110 valence electrons. The molecule has 0 spiro atoms. The summed E-state index contributed by atoms with van der Waals surface area (Å²) in [7, 11) is 0. The molecule has 0 unspecified atom stereocenters. The first-order valence-electron chi connectivity index (χ1n) is 7.26. The van der Waals surface area contributed by atoms with Crippen LogP contribution in [0.3, 0.4) is 0 Å². The van der Waals surface area contributed by atoms with Gasteiger partial charge in [0.2, 0.25) is 0 Å². The summed E-state index contributed by atoms with van der Waals surface area (Å²) in [4.78, 5) is 5.09. The summed E-state index contributed by atoms with van der Waals surface area (Å²) in [6.45, 7) is 14.5. The van der Waals surface area contributed by atoms with Crippen molar-refractivity contribution in [3.8, 4) is 0 Å². The van der Waals surface area contributed by atoms with Crippen molar-refractivity contribution in [2.75, 3.05) is 26.2 Å². The quantitative estimate of drug-likeness (QED) is 0.668. The van der Waals surface area contributed by atoms with Crippen LogP contribution in [0.1, 0.15) is 37.4 Å². The van der Waals surface area contributed by atoms with Gasteiger partial charge >= 0.3 is 0 Å². The number of ether oxygens (including phenoxy) is 1. The smallest absolute Gasteiger partial charge is 0.0810 e. The Morgan fingerprint density at radius 2 is 1.89 bits per heavy atom. The van der Waals surface area contributed by atoms with E-state index in [-0.39, 0.29) is 0 Å². The highest BCUT2D eigenvalue weighted by Gasteiger charge is 2.02. The third-order valence-corrected chi connectivity index (χ3v) is 4.15. The van der Waals surface area contributed by atoms with E-state index in [1.165, 1.54) is 9.75 Å². The average Bonchev–Trinajstić information content (AvgIpc) is 2.84. The lowest BCUT2D eigenvalue weighted by Crippen LogP contribution is -2.26. The van der Waals surface area contributed by atoms with E-state index in [1.54, 1.807) is 0 Å². The highest BCUT2D eigenvalue weighted by molar-refractivity contribution is 7.11. The molecule has 0 aliphatic heterocycles. The van der Waals surface area contributed by atoms with Gasteiger partial charge in [-0.05, 0) is 25.2 Å². The van der Waals surface area contributed by atoms with Crippen molar-refractivity contribution in [1.82, 2.24) is 10.2 Å². The van der Waals surface area contributed by atoms with Crippen molar-refractivity contribution >= 4 is 11.3 Å². The van der Waals surface area contributed by atoms with Gasteiger partial charge in [-0.2, -0.15) is 0 Å². The lowest BCUT2D eigenvalue weighted by atomic mass is 10.3. The fraction of sp³-hybridized carbons (Fsp3) is 0.733. The summed E-state index contributed by atoms with van der Waals surface area (Å²) in [5.41, 5.74) is 0. The predicted molar refractivity (Wildman–Crippen MR) is 83.7 cm³/mol. The first kappa shape index (κ1) is 16.6. The molecule has 1 N–H and O–H groups in total. The Balaban J connectivity index is 2.19. The van der Waals surface area contributed by atoms with Crippen LogP contribution < -0.4 is 5.32 Å². The number of likely N-dealkylation sites (N-methyl/N-ethyl adjacent to an activating group) is 1. The minimum Gasteiger partial charge on any atom is -0.375 e. The van der Waals surface area contributed by atoms with Gasteiger partial charge in [-0.25, -0.2) is 0 Å². The van der Waals surface area contributed by atoms with Crippen LogP contribution in [0.15, 0.2) is 12.1 Å². The molecule has 0 radical (unpaired) electrons. The molecule has 19 heavy (non-hydrogen) atoms. The average molecular weight is 284 g/mol. The molecule has 0 saturated carbocycles. The van der Waals surface area contributed by atoms with Crippen molar-refractivity contribution in [2.45, 2.75) is 46.9 Å². The van der Waals surface area contributed by atoms with Crippen molar-refractivity contribution in [3.63, 3.8) is 0 Å². The molecule has 0 bridgehead atoms. The van der Waals surface area contributed by atoms with Gasteiger partial charge in [-0.1, -0.05) is 27.7 Å². The summed E-state index contributed by atoms with van der Waals surface area (Å²) in [6, 6.07) is 4.92. The molecule has 1 rings (SSSR count). The Morgan fingerprint density at radius 1 is 1.21 bits per heavy atom. The van der Waals surface area contributed by atoms with Crippen molar-refractivity contribution < 1.29 is 4.74 Å². The van der Waals surface area contributed by atoms with Gasteiger partial charge in [0.1, 0.15) is 0 Å². The maximum absolute atomic E-state index is 5.74. The normalized spacial score (nSPS) is 11.7. The monoisotopic (exact) mass is 284 g/mol. The van der Waals surface area contributed by atoms with Crippen LogP contribution in [0.4, 0.5) is 0 Å². The number of nitrogens with zero attached hydrogens (tertiary/aromatic N) is 1. The number of thiophene rings is 1. The summed E-state index contributed by atoms with van der Waals surface area (Å²) < 4.78 is 5.74.